The zero-order valence-electron chi connectivity index (χ0n) is 12.3. The van der Waals surface area contributed by atoms with E-state index in [-0.39, 0.29) is 22.8 Å². The van der Waals surface area contributed by atoms with Gasteiger partial charge in [-0.25, -0.2) is 17.5 Å². The number of methoxy groups -OCH3 is 1. The smallest absolute Gasteiger partial charge is 0.241 e. The van der Waals surface area contributed by atoms with Gasteiger partial charge in [0, 0.05) is 17.6 Å². The van der Waals surface area contributed by atoms with E-state index < -0.39 is 21.4 Å². The van der Waals surface area contributed by atoms with Gasteiger partial charge in [0.25, 0.3) is 0 Å². The Bertz CT molecular complexity index is 625. The van der Waals surface area contributed by atoms with E-state index in [4.69, 9.17) is 10.5 Å². The molecule has 0 aliphatic heterocycles. The van der Waals surface area contributed by atoms with Gasteiger partial charge in [0.1, 0.15) is 0 Å². The first-order valence-electron chi connectivity index (χ1n) is 6.92. The van der Waals surface area contributed by atoms with E-state index in [1.807, 2.05) is 0 Å². The van der Waals surface area contributed by atoms with Gasteiger partial charge in [0.2, 0.25) is 10.0 Å². The number of rotatable bonds is 5. The van der Waals surface area contributed by atoms with Gasteiger partial charge in [-0.3, -0.25) is 0 Å². The summed E-state index contributed by atoms with van der Waals surface area (Å²) in [6.45, 7) is 1.67. The second-order valence-electron chi connectivity index (χ2n) is 5.50. The van der Waals surface area contributed by atoms with Crippen LogP contribution in [0.2, 0.25) is 0 Å². The maximum absolute atomic E-state index is 14.0. The van der Waals surface area contributed by atoms with Crippen molar-refractivity contribution in [1.29, 1.82) is 0 Å². The van der Waals surface area contributed by atoms with Crippen LogP contribution in [0.25, 0.3) is 0 Å². The molecule has 118 valence electrons. The van der Waals surface area contributed by atoms with Crippen molar-refractivity contribution in [2.75, 3.05) is 13.7 Å². The second kappa shape index (κ2) is 5.90. The summed E-state index contributed by atoms with van der Waals surface area (Å²) in [6.07, 6.45) is 3.30. The van der Waals surface area contributed by atoms with Gasteiger partial charge in [-0.2, -0.15) is 0 Å². The van der Waals surface area contributed by atoms with Crippen molar-refractivity contribution >= 4 is 10.0 Å². The van der Waals surface area contributed by atoms with Crippen molar-refractivity contribution in [1.82, 2.24) is 4.72 Å². The monoisotopic (exact) mass is 316 g/mol. The number of hydrogen-bond donors (Lipinski definition) is 2. The molecule has 2 rings (SSSR count). The van der Waals surface area contributed by atoms with E-state index in [0.29, 0.717) is 12.8 Å². The molecule has 5 nitrogen and oxygen atoms in total. The maximum Gasteiger partial charge on any atom is 0.241 e. The zero-order valence-corrected chi connectivity index (χ0v) is 13.1. The Morgan fingerprint density at radius 2 is 2.00 bits per heavy atom. The minimum absolute atomic E-state index is 0.0286. The topological polar surface area (TPSA) is 81.4 Å². The van der Waals surface area contributed by atoms with Crippen LogP contribution in [0.4, 0.5) is 4.39 Å². The Hall–Kier alpha value is -1.18. The molecule has 1 aromatic carbocycles. The number of benzene rings is 1. The molecule has 0 radical (unpaired) electrons. The van der Waals surface area contributed by atoms with Crippen LogP contribution in [-0.4, -0.2) is 27.6 Å². The summed E-state index contributed by atoms with van der Waals surface area (Å²) in [5.41, 5.74) is 5.19. The van der Waals surface area contributed by atoms with Crippen LogP contribution in [0.5, 0.6) is 5.75 Å². The Morgan fingerprint density at radius 3 is 2.52 bits per heavy atom. The first kappa shape index (κ1) is 16.2. The first-order valence-corrected chi connectivity index (χ1v) is 8.41. The summed E-state index contributed by atoms with van der Waals surface area (Å²) < 4.78 is 46.7. The molecule has 3 N–H and O–H groups in total. The van der Waals surface area contributed by atoms with Gasteiger partial charge in [-0.05, 0) is 31.9 Å². The Kier molecular flexibility index (Phi) is 4.55. The molecular weight excluding hydrogens is 295 g/mol. The quantitative estimate of drug-likeness (QED) is 0.866. The van der Waals surface area contributed by atoms with Gasteiger partial charge in [0.05, 0.1) is 12.0 Å². The molecule has 0 aromatic heterocycles. The van der Waals surface area contributed by atoms with Crippen molar-refractivity contribution in [3.63, 3.8) is 0 Å². The van der Waals surface area contributed by atoms with Crippen molar-refractivity contribution in [3.05, 3.63) is 23.5 Å². The third-order valence-corrected chi connectivity index (χ3v) is 5.84. The molecule has 1 aliphatic rings. The number of ether oxygens (including phenoxy) is 1. The largest absolute Gasteiger partial charge is 0.494 e. The molecule has 0 heterocycles. The Morgan fingerprint density at radius 1 is 1.38 bits per heavy atom. The van der Waals surface area contributed by atoms with Crippen molar-refractivity contribution < 1.29 is 17.5 Å². The third kappa shape index (κ3) is 3.04. The minimum atomic E-state index is -3.82. The van der Waals surface area contributed by atoms with E-state index in [1.54, 1.807) is 0 Å². The molecule has 0 saturated heterocycles. The lowest BCUT2D eigenvalue weighted by Gasteiger charge is -2.28. The van der Waals surface area contributed by atoms with Crippen molar-refractivity contribution in [3.8, 4) is 5.75 Å². The van der Waals surface area contributed by atoms with Crippen LogP contribution in [-0.2, 0) is 10.0 Å². The van der Waals surface area contributed by atoms with Crippen molar-refractivity contribution in [2.45, 2.75) is 43.0 Å². The minimum Gasteiger partial charge on any atom is -0.494 e. The molecule has 21 heavy (non-hydrogen) atoms. The average Bonchev–Trinajstić information content (AvgIpc) is 2.90. The first-order chi connectivity index (χ1) is 9.85. The van der Waals surface area contributed by atoms with Crippen LogP contribution in [0.15, 0.2) is 17.0 Å². The highest BCUT2D eigenvalue weighted by molar-refractivity contribution is 7.89. The van der Waals surface area contributed by atoms with Crippen LogP contribution >= 0.6 is 0 Å². The van der Waals surface area contributed by atoms with E-state index in [0.717, 1.165) is 12.8 Å². The van der Waals surface area contributed by atoms with E-state index in [9.17, 15) is 12.8 Å². The molecule has 0 unspecified atom stereocenters. The fraction of sp³-hybridized carbons (Fsp3) is 0.571. The highest BCUT2D eigenvalue weighted by Gasteiger charge is 2.37. The molecule has 7 heteroatoms. The predicted octanol–water partition coefficient (Wildman–Crippen LogP) is 1.69. The summed E-state index contributed by atoms with van der Waals surface area (Å²) in [5.74, 6) is -0.630. The molecule has 1 aliphatic carbocycles. The number of nitrogens with two attached hydrogens (primary N) is 1. The number of halogens is 1. The number of hydrogen-bond acceptors (Lipinski definition) is 4. The van der Waals surface area contributed by atoms with Crippen LogP contribution in [0.1, 0.15) is 31.2 Å². The lowest BCUT2D eigenvalue weighted by Crippen LogP contribution is -2.51. The fourth-order valence-corrected chi connectivity index (χ4v) is 4.54. The summed E-state index contributed by atoms with van der Waals surface area (Å²) in [5, 5.41) is 0. The molecule has 0 atom stereocenters. The molecular formula is C14H21FN2O3S. The summed E-state index contributed by atoms with van der Waals surface area (Å²) in [7, 11) is -2.48. The van der Waals surface area contributed by atoms with Gasteiger partial charge in [0.15, 0.2) is 11.6 Å². The van der Waals surface area contributed by atoms with Crippen molar-refractivity contribution in [2.24, 2.45) is 5.73 Å². The third-order valence-electron chi connectivity index (χ3n) is 4.11. The van der Waals surface area contributed by atoms with Crippen LogP contribution in [0, 0.1) is 12.7 Å². The predicted molar refractivity (Wildman–Crippen MR) is 78.3 cm³/mol. The van der Waals surface area contributed by atoms with Gasteiger partial charge >= 0.3 is 0 Å². The highest BCUT2D eigenvalue weighted by atomic mass is 32.2. The lowest BCUT2D eigenvalue weighted by atomic mass is 10.0. The Balaban J connectivity index is 2.38. The fourth-order valence-electron chi connectivity index (χ4n) is 2.83. The molecule has 1 saturated carbocycles. The zero-order chi connectivity index (χ0) is 15.7. The SMILES string of the molecule is COc1ccc(S(=O)(=O)NC2(CN)CCCC2)c(C)c1F. The van der Waals surface area contributed by atoms with E-state index >= 15 is 0 Å². The van der Waals surface area contributed by atoms with Crippen LogP contribution in [0.3, 0.4) is 0 Å². The summed E-state index contributed by atoms with van der Waals surface area (Å²) in [4.78, 5) is -0.0690. The normalized spacial score (nSPS) is 17.9. The molecule has 1 aromatic rings. The lowest BCUT2D eigenvalue weighted by molar-refractivity contribution is 0.383. The van der Waals surface area contributed by atoms with Gasteiger partial charge < -0.3 is 10.5 Å². The standard InChI is InChI=1S/C14H21FN2O3S/c1-10-12(6-5-11(20-2)13(10)15)21(18,19)17-14(9-16)7-3-4-8-14/h5-6,17H,3-4,7-9,16H2,1-2H3. The average molecular weight is 316 g/mol. The highest BCUT2D eigenvalue weighted by Crippen LogP contribution is 2.32. The summed E-state index contributed by atoms with van der Waals surface area (Å²) in [6, 6.07) is 2.68. The molecule has 0 spiro atoms. The molecule has 0 amide bonds. The van der Waals surface area contributed by atoms with E-state index in [2.05, 4.69) is 4.72 Å². The Labute approximate surface area is 124 Å². The summed E-state index contributed by atoms with van der Waals surface area (Å²) >= 11 is 0. The molecule has 0 bridgehead atoms. The van der Waals surface area contributed by atoms with Gasteiger partial charge in [-0.15, -0.1) is 0 Å². The van der Waals surface area contributed by atoms with E-state index in [1.165, 1.54) is 26.2 Å². The van der Waals surface area contributed by atoms with Crippen LogP contribution < -0.4 is 15.2 Å². The number of sulfonamides is 1. The molecule has 1 fully saturated rings. The van der Waals surface area contributed by atoms with Gasteiger partial charge in [-0.1, -0.05) is 12.8 Å². The number of nitrogens with one attached hydrogen (secondary N) is 1. The maximum atomic E-state index is 14.0. The second-order valence-corrected chi connectivity index (χ2v) is 7.15.